The number of hydrogen-bond acceptors (Lipinski definition) is 3. The Balaban J connectivity index is 2.97. The second-order valence-electron chi connectivity index (χ2n) is 2.99. The SMILES string of the molecule is [2H]c1cc2c(CCl)n[nH]c(=O)c2c(C(F)F)n1. The average molecular weight is 247 g/mol. The molecule has 0 bridgehead atoms. The Morgan fingerprint density at radius 3 is 3.00 bits per heavy atom. The topological polar surface area (TPSA) is 58.6 Å². The van der Waals surface area contributed by atoms with Crippen molar-refractivity contribution in [2.75, 3.05) is 0 Å². The van der Waals surface area contributed by atoms with E-state index in [0.29, 0.717) is 0 Å². The molecule has 4 nitrogen and oxygen atoms in total. The molecule has 2 rings (SSSR count). The van der Waals surface area contributed by atoms with Gasteiger partial charge >= 0.3 is 0 Å². The van der Waals surface area contributed by atoms with Crippen molar-refractivity contribution in [2.24, 2.45) is 0 Å². The Bertz CT molecular complexity index is 631. The average Bonchev–Trinajstić information content (AvgIpc) is 2.28. The van der Waals surface area contributed by atoms with Gasteiger partial charge in [-0.25, -0.2) is 13.9 Å². The van der Waals surface area contributed by atoms with Gasteiger partial charge in [-0.1, -0.05) is 0 Å². The summed E-state index contributed by atoms with van der Waals surface area (Å²) in [5, 5.41) is 5.60. The molecule has 84 valence electrons. The van der Waals surface area contributed by atoms with Gasteiger partial charge in [-0.2, -0.15) is 5.10 Å². The molecule has 0 fully saturated rings. The molecule has 0 atom stereocenters. The van der Waals surface area contributed by atoms with Gasteiger partial charge in [-0.05, 0) is 6.07 Å². The van der Waals surface area contributed by atoms with E-state index in [1.165, 1.54) is 6.07 Å². The monoisotopic (exact) mass is 246 g/mol. The molecule has 0 aliphatic heterocycles. The zero-order valence-corrected chi connectivity index (χ0v) is 8.55. The van der Waals surface area contributed by atoms with Crippen LogP contribution in [0.15, 0.2) is 17.0 Å². The maximum absolute atomic E-state index is 12.7. The summed E-state index contributed by atoms with van der Waals surface area (Å²) in [6.45, 7) is 0. The van der Waals surface area contributed by atoms with Crippen molar-refractivity contribution < 1.29 is 10.2 Å². The van der Waals surface area contributed by atoms with E-state index in [4.69, 9.17) is 13.0 Å². The molecule has 0 aliphatic carbocycles. The summed E-state index contributed by atoms with van der Waals surface area (Å²) in [7, 11) is 0. The molecule has 16 heavy (non-hydrogen) atoms. The highest BCUT2D eigenvalue weighted by Gasteiger charge is 2.17. The smallest absolute Gasteiger partial charge is 0.267 e. The number of pyridine rings is 1. The number of alkyl halides is 3. The minimum atomic E-state index is -2.94. The third kappa shape index (κ3) is 1.65. The molecule has 2 aromatic rings. The van der Waals surface area contributed by atoms with Crippen LogP contribution in [0.4, 0.5) is 8.78 Å². The van der Waals surface area contributed by atoms with Gasteiger partial charge in [0.15, 0.2) is 0 Å². The number of rotatable bonds is 2. The zero-order valence-electron chi connectivity index (χ0n) is 8.80. The van der Waals surface area contributed by atoms with E-state index < -0.39 is 17.7 Å². The maximum atomic E-state index is 12.7. The molecule has 0 saturated heterocycles. The number of aromatic amines is 1. The van der Waals surface area contributed by atoms with Crippen LogP contribution < -0.4 is 5.56 Å². The first-order valence-electron chi connectivity index (χ1n) is 4.77. The second kappa shape index (κ2) is 4.13. The third-order valence-corrected chi connectivity index (χ3v) is 2.34. The first kappa shape index (κ1) is 9.65. The summed E-state index contributed by atoms with van der Waals surface area (Å²) in [6, 6.07) is 1.20. The van der Waals surface area contributed by atoms with Crippen LogP contribution in [-0.4, -0.2) is 15.2 Å². The molecular formula is C9H6ClF2N3O. The van der Waals surface area contributed by atoms with Crippen molar-refractivity contribution in [2.45, 2.75) is 12.3 Å². The van der Waals surface area contributed by atoms with Crippen LogP contribution in [0.25, 0.3) is 10.8 Å². The molecule has 0 amide bonds. The van der Waals surface area contributed by atoms with E-state index in [1.54, 1.807) is 0 Å². The van der Waals surface area contributed by atoms with Gasteiger partial charge in [0.1, 0.15) is 5.69 Å². The highest BCUT2D eigenvalue weighted by atomic mass is 35.5. The predicted molar refractivity (Wildman–Crippen MR) is 54.7 cm³/mol. The van der Waals surface area contributed by atoms with E-state index in [0.717, 1.165) is 0 Å². The summed E-state index contributed by atoms with van der Waals surface area (Å²) < 4.78 is 32.8. The predicted octanol–water partition coefficient (Wildman–Crippen LogP) is 1.99. The molecule has 7 heteroatoms. The van der Waals surface area contributed by atoms with Gasteiger partial charge in [0, 0.05) is 11.6 Å². The van der Waals surface area contributed by atoms with Crippen molar-refractivity contribution in [1.82, 2.24) is 15.2 Å². The fourth-order valence-corrected chi connectivity index (χ4v) is 1.60. The lowest BCUT2D eigenvalue weighted by molar-refractivity contribution is 0.148. The summed E-state index contributed by atoms with van der Waals surface area (Å²) in [5.74, 6) is -0.0561. The van der Waals surface area contributed by atoms with E-state index in [9.17, 15) is 13.6 Å². The third-order valence-electron chi connectivity index (χ3n) is 2.08. The van der Waals surface area contributed by atoms with E-state index in [-0.39, 0.29) is 28.5 Å². The summed E-state index contributed by atoms with van der Waals surface area (Å²) in [6.07, 6.45) is -3.29. The molecule has 0 saturated carbocycles. The highest BCUT2D eigenvalue weighted by molar-refractivity contribution is 6.17. The van der Waals surface area contributed by atoms with Crippen LogP contribution in [-0.2, 0) is 5.88 Å². The number of nitrogens with zero attached hydrogens (tertiary/aromatic N) is 2. The number of aromatic nitrogens is 3. The number of hydrogen-bond donors (Lipinski definition) is 1. The number of halogens is 3. The van der Waals surface area contributed by atoms with E-state index in [2.05, 4.69) is 15.2 Å². The molecular weight excluding hydrogens is 240 g/mol. The lowest BCUT2D eigenvalue weighted by Gasteiger charge is -2.05. The standard InChI is InChI=1S/C9H6ClF2N3O/c10-3-5-4-1-2-13-7(8(11)12)6(4)9(16)15-14-5/h1-2,8H,3H2,(H,15,16)/i2D. The van der Waals surface area contributed by atoms with Crippen LogP contribution >= 0.6 is 11.6 Å². The van der Waals surface area contributed by atoms with Crippen molar-refractivity contribution in [3.05, 3.63) is 34.0 Å². The quantitative estimate of drug-likeness (QED) is 0.825. The first-order valence-corrected chi connectivity index (χ1v) is 4.81. The molecule has 0 aliphatic rings. The van der Waals surface area contributed by atoms with Gasteiger partial charge in [0.25, 0.3) is 12.0 Å². The molecule has 0 aromatic carbocycles. The molecule has 0 spiro atoms. The normalized spacial score (nSPS) is 12.1. The van der Waals surface area contributed by atoms with Crippen LogP contribution in [0.1, 0.15) is 19.2 Å². The number of H-pyrrole nitrogens is 1. The molecule has 2 aromatic heterocycles. The van der Waals surface area contributed by atoms with Gasteiger partial charge in [-0.15, -0.1) is 11.6 Å². The minimum Gasteiger partial charge on any atom is -0.267 e. The fourth-order valence-electron chi connectivity index (χ4n) is 1.39. The van der Waals surface area contributed by atoms with Crippen molar-refractivity contribution in [3.8, 4) is 0 Å². The van der Waals surface area contributed by atoms with Crippen molar-refractivity contribution in [1.29, 1.82) is 0 Å². The number of nitrogens with one attached hydrogen (secondary N) is 1. The lowest BCUT2D eigenvalue weighted by Crippen LogP contribution is -2.13. The second-order valence-corrected chi connectivity index (χ2v) is 3.26. The van der Waals surface area contributed by atoms with Crippen LogP contribution in [0.3, 0.4) is 0 Å². The van der Waals surface area contributed by atoms with Crippen molar-refractivity contribution >= 4 is 22.4 Å². The van der Waals surface area contributed by atoms with Gasteiger partial charge in [0.05, 0.1) is 18.3 Å². The van der Waals surface area contributed by atoms with Crippen LogP contribution in [0.2, 0.25) is 0 Å². The van der Waals surface area contributed by atoms with Crippen LogP contribution in [0, 0.1) is 0 Å². The molecule has 0 radical (unpaired) electrons. The molecule has 2 heterocycles. The Labute approximate surface area is 94.7 Å². The van der Waals surface area contributed by atoms with Crippen molar-refractivity contribution in [3.63, 3.8) is 0 Å². The maximum Gasteiger partial charge on any atom is 0.281 e. The van der Waals surface area contributed by atoms with Crippen LogP contribution in [0.5, 0.6) is 0 Å². The Morgan fingerprint density at radius 2 is 2.38 bits per heavy atom. The minimum absolute atomic E-state index is 0.0561. The van der Waals surface area contributed by atoms with Gasteiger partial charge < -0.3 is 0 Å². The summed E-state index contributed by atoms with van der Waals surface area (Å²) in [5.41, 5.74) is -1.25. The Kier molecular flexibility index (Phi) is 2.49. The largest absolute Gasteiger partial charge is 0.281 e. The fraction of sp³-hybridized carbons (Fsp3) is 0.222. The Hall–Kier alpha value is -1.56. The Morgan fingerprint density at radius 1 is 1.62 bits per heavy atom. The first-order chi connectivity index (χ1) is 8.04. The molecule has 0 unspecified atom stereocenters. The van der Waals surface area contributed by atoms with Gasteiger partial charge in [0.2, 0.25) is 0 Å². The lowest BCUT2D eigenvalue weighted by atomic mass is 10.1. The summed E-state index contributed by atoms with van der Waals surface area (Å²) in [4.78, 5) is 14.9. The van der Waals surface area contributed by atoms with Gasteiger partial charge in [-0.3, -0.25) is 9.78 Å². The highest BCUT2D eigenvalue weighted by Crippen LogP contribution is 2.24. The summed E-state index contributed by atoms with van der Waals surface area (Å²) >= 11 is 5.59. The van der Waals surface area contributed by atoms with E-state index >= 15 is 0 Å². The zero-order chi connectivity index (χ0) is 12.6. The van der Waals surface area contributed by atoms with E-state index in [1.807, 2.05) is 0 Å². The number of fused-ring (bicyclic) bond motifs is 1. The molecule has 1 N–H and O–H groups in total.